The van der Waals surface area contributed by atoms with Crippen LogP contribution in [-0.2, 0) is 11.3 Å². The summed E-state index contributed by atoms with van der Waals surface area (Å²) in [7, 11) is 1.51. The van der Waals surface area contributed by atoms with Crippen LogP contribution >= 0.6 is 0 Å². The van der Waals surface area contributed by atoms with Gasteiger partial charge in [-0.05, 0) is 50.9 Å². The standard InChI is InChI=1S/C36H38F4N8O2/c1-4-12-36(39,40)22-47-14-10-24(11-15-47)27-20-42-35(45-34(27)44-32-9-13-41-23(2)43-32)33-26-7-5-6-8-31(26)48(46-33)21-28-29(37)18-25(19-30(28)38)50-17-16-49-3/h4-9,13,18-20,24H,1,10-12,14-17,21-22H2,2-3H3,(H,41,42,43,44,45). The Morgan fingerprint density at radius 3 is 2.52 bits per heavy atom. The molecular formula is C36H38F4N8O2. The first-order valence-electron chi connectivity index (χ1n) is 16.3. The Kier molecular flexibility index (Phi) is 10.7. The van der Waals surface area contributed by atoms with Crippen LogP contribution in [0.3, 0.4) is 0 Å². The number of aromatic nitrogens is 6. The lowest BCUT2D eigenvalue weighted by atomic mass is 9.90. The van der Waals surface area contributed by atoms with Gasteiger partial charge >= 0.3 is 0 Å². The van der Waals surface area contributed by atoms with E-state index in [4.69, 9.17) is 24.5 Å². The number of hydrogen-bond donors (Lipinski definition) is 1. The minimum absolute atomic E-state index is 0.000428. The van der Waals surface area contributed by atoms with Gasteiger partial charge in [-0.25, -0.2) is 37.5 Å². The van der Waals surface area contributed by atoms with Gasteiger partial charge in [0.1, 0.15) is 47.1 Å². The quantitative estimate of drug-likeness (QED) is 0.0744. The molecule has 2 aromatic carbocycles. The lowest BCUT2D eigenvalue weighted by Gasteiger charge is -2.34. The molecule has 6 rings (SSSR count). The lowest BCUT2D eigenvalue weighted by Crippen LogP contribution is -2.41. The molecule has 5 aromatic rings. The van der Waals surface area contributed by atoms with E-state index in [-0.39, 0.29) is 50.0 Å². The molecule has 0 bridgehead atoms. The highest BCUT2D eigenvalue weighted by molar-refractivity contribution is 5.92. The average molecular weight is 691 g/mol. The Hall–Kier alpha value is -4.95. The molecule has 1 aliphatic heterocycles. The number of benzene rings is 2. The van der Waals surface area contributed by atoms with E-state index in [1.54, 1.807) is 30.3 Å². The zero-order valence-electron chi connectivity index (χ0n) is 27.9. The van der Waals surface area contributed by atoms with E-state index in [0.717, 1.165) is 17.7 Å². The third-order valence-corrected chi connectivity index (χ3v) is 8.61. The predicted octanol–water partition coefficient (Wildman–Crippen LogP) is 7.08. The van der Waals surface area contributed by atoms with Crippen LogP contribution in [-0.4, -0.2) is 80.5 Å². The van der Waals surface area contributed by atoms with Crippen LogP contribution in [0.1, 0.15) is 42.1 Å². The van der Waals surface area contributed by atoms with Crippen molar-refractivity contribution in [3.05, 3.63) is 96.1 Å². The highest BCUT2D eigenvalue weighted by Gasteiger charge is 2.33. The molecule has 14 heteroatoms. The molecule has 50 heavy (non-hydrogen) atoms. The molecule has 262 valence electrons. The van der Waals surface area contributed by atoms with E-state index in [1.807, 2.05) is 24.3 Å². The van der Waals surface area contributed by atoms with Crippen LogP contribution in [0.5, 0.6) is 5.75 Å². The summed E-state index contributed by atoms with van der Waals surface area (Å²) in [5.74, 6) is -2.40. The molecule has 4 heterocycles. The zero-order valence-corrected chi connectivity index (χ0v) is 27.9. The third kappa shape index (κ3) is 8.08. The van der Waals surface area contributed by atoms with Crippen molar-refractivity contribution in [3.63, 3.8) is 0 Å². The summed E-state index contributed by atoms with van der Waals surface area (Å²) in [5.41, 5.74) is 1.71. The minimum atomic E-state index is -2.83. The summed E-state index contributed by atoms with van der Waals surface area (Å²) in [5, 5.41) is 8.77. The molecule has 1 aliphatic rings. The summed E-state index contributed by atoms with van der Waals surface area (Å²) in [6.07, 6.45) is 5.53. The Balaban J connectivity index is 1.32. The number of aryl methyl sites for hydroxylation is 1. The molecule has 0 aliphatic carbocycles. The molecular weight excluding hydrogens is 652 g/mol. The van der Waals surface area contributed by atoms with Gasteiger partial charge in [-0.3, -0.25) is 9.58 Å². The van der Waals surface area contributed by atoms with Gasteiger partial charge in [0.15, 0.2) is 5.82 Å². The first-order chi connectivity index (χ1) is 24.1. The molecule has 0 saturated carbocycles. The van der Waals surface area contributed by atoms with Crippen molar-refractivity contribution in [1.82, 2.24) is 34.6 Å². The number of halogens is 4. The lowest BCUT2D eigenvalue weighted by molar-refractivity contribution is -0.0340. The number of alkyl halides is 2. The number of likely N-dealkylation sites (tertiary alicyclic amines) is 1. The number of ether oxygens (including phenoxy) is 2. The highest BCUT2D eigenvalue weighted by atomic mass is 19.3. The number of para-hydroxylation sites is 1. The normalized spacial score (nSPS) is 14.3. The number of methoxy groups -OCH3 is 1. The van der Waals surface area contributed by atoms with E-state index in [0.29, 0.717) is 65.8 Å². The van der Waals surface area contributed by atoms with Crippen molar-refractivity contribution in [2.45, 2.75) is 44.6 Å². The SMILES string of the molecule is C=CCC(F)(F)CN1CCC(c2cnc(-c3nn(Cc4c(F)cc(OCCOC)cc4F)c4ccccc34)nc2Nc2ccnc(C)n2)CC1. The molecule has 3 aromatic heterocycles. The maximum atomic E-state index is 15.2. The molecule has 1 fully saturated rings. The van der Waals surface area contributed by atoms with Crippen molar-refractivity contribution in [2.75, 3.05) is 45.3 Å². The summed E-state index contributed by atoms with van der Waals surface area (Å²) < 4.78 is 70.9. The fourth-order valence-electron chi connectivity index (χ4n) is 6.18. The average Bonchev–Trinajstić information content (AvgIpc) is 3.45. The molecule has 0 unspecified atom stereocenters. The van der Waals surface area contributed by atoms with Crippen molar-refractivity contribution in [2.24, 2.45) is 0 Å². The molecule has 0 atom stereocenters. The fourth-order valence-corrected chi connectivity index (χ4v) is 6.18. The fraction of sp³-hybridized carbons (Fsp3) is 0.361. The zero-order chi connectivity index (χ0) is 35.3. The summed E-state index contributed by atoms with van der Waals surface area (Å²) in [4.78, 5) is 20.1. The van der Waals surface area contributed by atoms with Crippen LogP contribution in [0.25, 0.3) is 22.4 Å². The number of fused-ring (bicyclic) bond motifs is 1. The topological polar surface area (TPSA) is 103 Å². The second-order valence-electron chi connectivity index (χ2n) is 12.2. The Morgan fingerprint density at radius 2 is 1.80 bits per heavy atom. The summed E-state index contributed by atoms with van der Waals surface area (Å²) in [6, 6.07) is 11.3. The number of anilines is 2. The third-order valence-electron chi connectivity index (χ3n) is 8.61. The number of nitrogens with one attached hydrogen (secondary N) is 1. The van der Waals surface area contributed by atoms with Gasteiger partial charge in [0, 0.05) is 54.6 Å². The summed E-state index contributed by atoms with van der Waals surface area (Å²) in [6.45, 7) is 6.15. The second kappa shape index (κ2) is 15.3. The van der Waals surface area contributed by atoms with Gasteiger partial charge in [0.05, 0.1) is 25.2 Å². The van der Waals surface area contributed by atoms with Gasteiger partial charge in [-0.1, -0.05) is 24.3 Å². The van der Waals surface area contributed by atoms with Gasteiger partial charge in [0.2, 0.25) is 0 Å². The van der Waals surface area contributed by atoms with Crippen LogP contribution in [0.2, 0.25) is 0 Å². The molecule has 10 nitrogen and oxygen atoms in total. The molecule has 0 amide bonds. The second-order valence-corrected chi connectivity index (χ2v) is 12.2. The molecule has 1 saturated heterocycles. The largest absolute Gasteiger partial charge is 0.491 e. The van der Waals surface area contributed by atoms with Crippen molar-refractivity contribution < 1.29 is 27.0 Å². The number of piperidine rings is 1. The Morgan fingerprint density at radius 1 is 1.04 bits per heavy atom. The highest BCUT2D eigenvalue weighted by Crippen LogP contribution is 2.36. The van der Waals surface area contributed by atoms with E-state index in [1.165, 1.54) is 17.9 Å². The maximum absolute atomic E-state index is 15.2. The Labute approximate surface area is 287 Å². The van der Waals surface area contributed by atoms with Crippen molar-refractivity contribution in [3.8, 4) is 17.3 Å². The number of rotatable bonds is 14. The van der Waals surface area contributed by atoms with Gasteiger partial charge in [0.25, 0.3) is 5.92 Å². The van der Waals surface area contributed by atoms with Gasteiger partial charge in [-0.15, -0.1) is 6.58 Å². The minimum Gasteiger partial charge on any atom is -0.491 e. The first kappa shape index (κ1) is 34.9. The van der Waals surface area contributed by atoms with E-state index >= 15 is 8.78 Å². The van der Waals surface area contributed by atoms with Crippen LogP contribution in [0.15, 0.2) is 67.5 Å². The van der Waals surface area contributed by atoms with Gasteiger partial charge in [-0.2, -0.15) is 5.10 Å². The van der Waals surface area contributed by atoms with Crippen LogP contribution < -0.4 is 10.1 Å². The predicted molar refractivity (Wildman–Crippen MR) is 182 cm³/mol. The van der Waals surface area contributed by atoms with Crippen LogP contribution in [0.4, 0.5) is 29.2 Å². The van der Waals surface area contributed by atoms with Crippen molar-refractivity contribution in [1.29, 1.82) is 0 Å². The number of hydrogen-bond acceptors (Lipinski definition) is 9. The number of nitrogens with zero attached hydrogens (tertiary/aromatic N) is 7. The van der Waals surface area contributed by atoms with E-state index < -0.39 is 17.6 Å². The summed E-state index contributed by atoms with van der Waals surface area (Å²) >= 11 is 0. The van der Waals surface area contributed by atoms with Crippen molar-refractivity contribution >= 4 is 22.5 Å². The molecule has 1 N–H and O–H groups in total. The smallest absolute Gasteiger partial charge is 0.263 e. The monoisotopic (exact) mass is 690 g/mol. The number of allylic oxidation sites excluding steroid dienone is 1. The first-order valence-corrected chi connectivity index (χ1v) is 16.3. The van der Waals surface area contributed by atoms with Crippen LogP contribution in [0, 0.1) is 18.6 Å². The molecule has 0 spiro atoms. The maximum Gasteiger partial charge on any atom is 0.263 e. The van der Waals surface area contributed by atoms with Gasteiger partial charge < -0.3 is 14.8 Å². The Bertz CT molecular complexity index is 1940. The van der Waals surface area contributed by atoms with E-state index in [9.17, 15) is 8.78 Å². The van der Waals surface area contributed by atoms with E-state index in [2.05, 4.69) is 21.9 Å². The molecule has 0 radical (unpaired) electrons.